The molecule has 0 amide bonds. The summed E-state index contributed by atoms with van der Waals surface area (Å²) < 4.78 is 7.10. The van der Waals surface area contributed by atoms with Crippen LogP contribution in [0, 0.1) is 11.8 Å². The highest BCUT2D eigenvalue weighted by atomic mass is 28.4. The highest BCUT2D eigenvalue weighted by Gasteiger charge is 2.44. The Morgan fingerprint density at radius 3 is 2.75 bits per heavy atom. The molecule has 0 spiro atoms. The number of nitrogens with zero attached hydrogens (tertiary/aromatic N) is 2. The van der Waals surface area contributed by atoms with Gasteiger partial charge in [-0.05, 0) is 68.1 Å². The van der Waals surface area contributed by atoms with E-state index in [1.54, 1.807) is 0 Å². The molecule has 0 N–H and O–H groups in total. The Morgan fingerprint density at radius 2 is 2.04 bits per heavy atom. The molecule has 1 aromatic heterocycles. The van der Waals surface area contributed by atoms with Gasteiger partial charge in [0.25, 0.3) is 0 Å². The van der Waals surface area contributed by atoms with Gasteiger partial charge in [-0.2, -0.15) is 0 Å². The first-order valence-electron chi connectivity index (χ1n) is 11.3. The quantitative estimate of drug-likeness (QED) is 0.534. The van der Waals surface area contributed by atoms with Crippen molar-refractivity contribution in [1.29, 1.82) is 0 Å². The minimum atomic E-state index is -1.72. The Hall–Kier alpha value is -1.23. The van der Waals surface area contributed by atoms with Gasteiger partial charge in [0, 0.05) is 24.2 Å². The number of benzene rings is 1. The third-order valence-electron chi connectivity index (χ3n) is 7.10. The average Bonchev–Trinajstić information content (AvgIpc) is 2.72. The number of aromatic nitrogens is 1. The predicted molar refractivity (Wildman–Crippen MR) is 120 cm³/mol. The SMILES string of the molecule is CCC[Si](C)(C)O[C@@H](c1ccnc2ccccc12)[C@H]1C[C@@H]2CCN1C[C@@H]2CC. The Kier molecular flexibility index (Phi) is 5.91. The van der Waals surface area contributed by atoms with Gasteiger partial charge < -0.3 is 4.43 Å². The predicted octanol–water partition coefficient (Wildman–Crippen LogP) is 6.03. The van der Waals surface area contributed by atoms with Gasteiger partial charge in [-0.15, -0.1) is 0 Å². The lowest BCUT2D eigenvalue weighted by Crippen LogP contribution is -2.56. The Balaban J connectivity index is 1.73. The van der Waals surface area contributed by atoms with E-state index in [0.717, 1.165) is 17.4 Å². The summed E-state index contributed by atoms with van der Waals surface area (Å²) in [5.74, 6) is 1.75. The third kappa shape index (κ3) is 3.92. The summed E-state index contributed by atoms with van der Waals surface area (Å²) in [7, 11) is -1.72. The zero-order valence-corrected chi connectivity index (χ0v) is 19.0. The lowest BCUT2D eigenvalue weighted by atomic mass is 9.72. The normalized spacial score (nSPS) is 28.6. The highest BCUT2D eigenvalue weighted by Crippen LogP contribution is 2.45. The van der Waals surface area contributed by atoms with Crippen LogP contribution in [0.5, 0.6) is 0 Å². The van der Waals surface area contributed by atoms with Crippen LogP contribution in [-0.4, -0.2) is 37.3 Å². The number of hydrogen-bond donors (Lipinski definition) is 0. The van der Waals surface area contributed by atoms with E-state index < -0.39 is 8.32 Å². The first kappa shape index (κ1) is 20.1. The van der Waals surface area contributed by atoms with Crippen LogP contribution in [0.3, 0.4) is 0 Å². The van der Waals surface area contributed by atoms with E-state index in [-0.39, 0.29) is 6.10 Å². The molecule has 3 fully saturated rings. The smallest absolute Gasteiger partial charge is 0.187 e. The molecule has 2 aromatic rings. The van der Waals surface area contributed by atoms with Crippen LogP contribution in [0.15, 0.2) is 36.5 Å². The van der Waals surface area contributed by atoms with Gasteiger partial charge in [0.05, 0.1) is 11.6 Å². The Bertz CT molecular complexity index is 803. The number of rotatable bonds is 7. The van der Waals surface area contributed by atoms with E-state index in [1.165, 1.54) is 55.8 Å². The molecule has 3 aliphatic heterocycles. The average molecular weight is 397 g/mol. The monoisotopic (exact) mass is 396 g/mol. The summed E-state index contributed by atoms with van der Waals surface area (Å²) in [4.78, 5) is 7.37. The topological polar surface area (TPSA) is 25.4 Å². The minimum Gasteiger partial charge on any atom is -0.409 e. The van der Waals surface area contributed by atoms with Crippen LogP contribution in [0.25, 0.3) is 10.9 Å². The molecule has 1 aromatic carbocycles. The van der Waals surface area contributed by atoms with Crippen LogP contribution in [-0.2, 0) is 4.43 Å². The molecule has 2 bridgehead atoms. The van der Waals surface area contributed by atoms with Crippen molar-refractivity contribution in [2.45, 2.75) is 70.8 Å². The maximum absolute atomic E-state index is 7.10. The van der Waals surface area contributed by atoms with Gasteiger partial charge >= 0.3 is 0 Å². The zero-order chi connectivity index (χ0) is 19.7. The van der Waals surface area contributed by atoms with Gasteiger partial charge in [0.1, 0.15) is 0 Å². The summed E-state index contributed by atoms with van der Waals surface area (Å²) in [6, 6.07) is 12.5. The number of pyridine rings is 1. The van der Waals surface area contributed by atoms with Crippen LogP contribution >= 0.6 is 0 Å². The number of fused-ring (bicyclic) bond motifs is 4. The summed E-state index contributed by atoms with van der Waals surface area (Å²) in [5.41, 5.74) is 2.44. The summed E-state index contributed by atoms with van der Waals surface area (Å²) in [5, 5.41) is 1.27. The number of hydrogen-bond acceptors (Lipinski definition) is 3. The summed E-state index contributed by atoms with van der Waals surface area (Å²) in [6.45, 7) is 11.9. The van der Waals surface area contributed by atoms with Crippen molar-refractivity contribution in [3.05, 3.63) is 42.1 Å². The molecule has 5 atom stereocenters. The summed E-state index contributed by atoms with van der Waals surface area (Å²) in [6.07, 6.45) is 7.33. The van der Waals surface area contributed by atoms with Crippen molar-refractivity contribution < 1.29 is 4.43 Å². The molecule has 4 heterocycles. The van der Waals surface area contributed by atoms with Crippen LogP contribution in [0.2, 0.25) is 19.1 Å². The van der Waals surface area contributed by atoms with Crippen molar-refractivity contribution in [2.75, 3.05) is 13.1 Å². The Morgan fingerprint density at radius 1 is 1.21 bits per heavy atom. The lowest BCUT2D eigenvalue weighted by Gasteiger charge is -2.53. The second-order valence-electron chi connectivity index (χ2n) is 9.48. The van der Waals surface area contributed by atoms with Crippen molar-refractivity contribution in [3.63, 3.8) is 0 Å². The van der Waals surface area contributed by atoms with Crippen molar-refractivity contribution >= 4 is 19.2 Å². The van der Waals surface area contributed by atoms with Crippen LogP contribution in [0.4, 0.5) is 0 Å². The lowest BCUT2D eigenvalue weighted by molar-refractivity contribution is -0.0509. The highest BCUT2D eigenvalue weighted by molar-refractivity contribution is 6.71. The fourth-order valence-corrected chi connectivity index (χ4v) is 7.97. The number of para-hydroxylation sites is 1. The maximum Gasteiger partial charge on any atom is 0.187 e. The third-order valence-corrected chi connectivity index (χ3v) is 9.69. The second kappa shape index (κ2) is 8.25. The van der Waals surface area contributed by atoms with Crippen molar-refractivity contribution in [1.82, 2.24) is 9.88 Å². The molecule has 0 saturated carbocycles. The first-order valence-corrected chi connectivity index (χ1v) is 14.4. The van der Waals surface area contributed by atoms with Gasteiger partial charge in [-0.1, -0.05) is 44.9 Å². The standard InChI is InChI=1S/C24H36N2OSi/c1-5-15-28(3,4)27-24(21-11-13-25-22-10-8-7-9-20(21)22)23-16-19-12-14-26(23)17-18(19)6-2/h7-11,13,18-19,23-24H,5-6,12,14-17H2,1-4H3/t18-,19-,23+,24-/m0/s1. The number of piperidine rings is 3. The molecular formula is C24H36N2OSi. The van der Waals surface area contributed by atoms with Gasteiger partial charge in [-0.3, -0.25) is 9.88 Å². The molecule has 4 heteroatoms. The van der Waals surface area contributed by atoms with E-state index in [0.29, 0.717) is 6.04 Å². The largest absolute Gasteiger partial charge is 0.409 e. The van der Waals surface area contributed by atoms with Gasteiger partial charge in [-0.25, -0.2) is 0 Å². The minimum absolute atomic E-state index is 0.168. The van der Waals surface area contributed by atoms with E-state index in [2.05, 4.69) is 67.2 Å². The molecule has 0 radical (unpaired) electrons. The molecular weight excluding hydrogens is 360 g/mol. The van der Waals surface area contributed by atoms with Gasteiger partial charge in [0.2, 0.25) is 0 Å². The molecule has 28 heavy (non-hydrogen) atoms. The van der Waals surface area contributed by atoms with E-state index >= 15 is 0 Å². The maximum atomic E-state index is 7.10. The van der Waals surface area contributed by atoms with Crippen molar-refractivity contribution in [2.24, 2.45) is 11.8 Å². The second-order valence-corrected chi connectivity index (χ2v) is 13.7. The fourth-order valence-electron chi connectivity index (χ4n) is 5.68. The Labute approximate surface area is 171 Å². The van der Waals surface area contributed by atoms with Crippen molar-refractivity contribution in [3.8, 4) is 0 Å². The molecule has 3 saturated heterocycles. The van der Waals surface area contributed by atoms with Gasteiger partial charge in [0.15, 0.2) is 8.32 Å². The molecule has 3 nitrogen and oxygen atoms in total. The fraction of sp³-hybridized carbons (Fsp3) is 0.625. The first-order chi connectivity index (χ1) is 13.5. The van der Waals surface area contributed by atoms with E-state index in [9.17, 15) is 0 Å². The molecule has 3 aliphatic rings. The van der Waals surface area contributed by atoms with Crippen LogP contribution in [0.1, 0.15) is 51.2 Å². The van der Waals surface area contributed by atoms with E-state index in [4.69, 9.17) is 4.43 Å². The zero-order valence-electron chi connectivity index (χ0n) is 18.0. The van der Waals surface area contributed by atoms with Crippen LogP contribution < -0.4 is 0 Å². The van der Waals surface area contributed by atoms with E-state index in [1.807, 2.05) is 6.20 Å². The molecule has 0 aliphatic carbocycles. The summed E-state index contributed by atoms with van der Waals surface area (Å²) >= 11 is 0. The molecule has 5 rings (SSSR count). The molecule has 1 unspecified atom stereocenters. The molecule has 152 valence electrons.